The molecule has 0 aliphatic heterocycles. The maximum Gasteiger partial charge on any atom is 0.106 e. The number of aryl methyl sites for hydroxylation is 1. The summed E-state index contributed by atoms with van der Waals surface area (Å²) in [5.41, 5.74) is 2.16. The highest BCUT2D eigenvalue weighted by Crippen LogP contribution is 2.20. The summed E-state index contributed by atoms with van der Waals surface area (Å²) in [5, 5.41) is 9.36. The number of nitriles is 1. The van der Waals surface area contributed by atoms with Crippen molar-refractivity contribution in [1.82, 2.24) is 9.55 Å². The lowest BCUT2D eigenvalue weighted by Gasteiger charge is -1.94. The molecule has 0 aliphatic carbocycles. The summed E-state index contributed by atoms with van der Waals surface area (Å²) in [6.45, 7) is 0. The highest BCUT2D eigenvalue weighted by molar-refractivity contribution is 6.31. The van der Waals surface area contributed by atoms with E-state index in [2.05, 4.69) is 11.1 Å². The Morgan fingerprint density at radius 1 is 1.62 bits per heavy atom. The molecule has 0 aliphatic rings. The number of nitrogens with zero attached hydrogens (tertiary/aromatic N) is 3. The zero-order chi connectivity index (χ0) is 9.42. The van der Waals surface area contributed by atoms with Gasteiger partial charge in [-0.1, -0.05) is 11.6 Å². The second-order valence-electron chi connectivity index (χ2n) is 2.79. The van der Waals surface area contributed by atoms with Crippen LogP contribution in [0, 0.1) is 11.3 Å². The fourth-order valence-corrected chi connectivity index (χ4v) is 1.46. The molecule has 13 heavy (non-hydrogen) atoms. The Morgan fingerprint density at radius 3 is 3.08 bits per heavy atom. The van der Waals surface area contributed by atoms with Gasteiger partial charge in [-0.25, -0.2) is 0 Å². The molecule has 0 bridgehead atoms. The Labute approximate surface area is 80.2 Å². The van der Waals surface area contributed by atoms with E-state index in [4.69, 9.17) is 16.9 Å². The second kappa shape index (κ2) is 2.75. The van der Waals surface area contributed by atoms with Crippen LogP contribution in [-0.4, -0.2) is 9.55 Å². The van der Waals surface area contributed by atoms with E-state index in [0.29, 0.717) is 16.1 Å². The second-order valence-corrected chi connectivity index (χ2v) is 3.22. The fraction of sp³-hybridized carbons (Fsp3) is 0.111. The summed E-state index contributed by atoms with van der Waals surface area (Å²) < 4.78 is 1.84. The quantitative estimate of drug-likeness (QED) is 0.640. The summed E-state index contributed by atoms with van der Waals surface area (Å²) in [6.07, 6.45) is 3.29. The van der Waals surface area contributed by atoms with E-state index >= 15 is 0 Å². The minimum Gasteiger partial charge on any atom is -0.348 e. The van der Waals surface area contributed by atoms with Gasteiger partial charge in [-0.2, -0.15) is 5.26 Å². The summed E-state index contributed by atoms with van der Waals surface area (Å²) in [7, 11) is 1.86. The van der Waals surface area contributed by atoms with Crippen molar-refractivity contribution in [2.24, 2.45) is 7.05 Å². The summed E-state index contributed by atoms with van der Waals surface area (Å²) in [5.74, 6) is 0. The van der Waals surface area contributed by atoms with Crippen LogP contribution in [-0.2, 0) is 7.05 Å². The van der Waals surface area contributed by atoms with Crippen molar-refractivity contribution in [3.63, 3.8) is 0 Å². The zero-order valence-electron chi connectivity index (χ0n) is 6.95. The summed E-state index contributed by atoms with van der Waals surface area (Å²) in [6, 6.07) is 3.88. The number of halogens is 1. The van der Waals surface area contributed by atoms with Crippen LogP contribution in [0.15, 0.2) is 18.5 Å². The first-order valence-electron chi connectivity index (χ1n) is 3.73. The van der Waals surface area contributed by atoms with Crippen molar-refractivity contribution in [1.29, 1.82) is 5.26 Å². The average Bonchev–Trinajstić information content (AvgIpc) is 2.43. The summed E-state index contributed by atoms with van der Waals surface area (Å²) in [4.78, 5) is 4.10. The molecule has 3 nitrogen and oxygen atoms in total. The number of aromatic nitrogens is 2. The van der Waals surface area contributed by atoms with Gasteiger partial charge in [0.05, 0.1) is 16.1 Å². The zero-order valence-corrected chi connectivity index (χ0v) is 7.71. The predicted octanol–water partition coefficient (Wildman–Crippen LogP) is 2.10. The standard InChI is InChI=1S/C9H6ClN3/c1-13-5-6(3-11)9-8(13)2-7(10)4-12-9/h2,4-5H,1H3. The molecular weight excluding hydrogens is 186 g/mol. The third-order valence-corrected chi connectivity index (χ3v) is 2.12. The monoisotopic (exact) mass is 191 g/mol. The molecule has 4 heteroatoms. The van der Waals surface area contributed by atoms with Gasteiger partial charge in [-0.3, -0.25) is 4.98 Å². The third kappa shape index (κ3) is 1.16. The van der Waals surface area contributed by atoms with Crippen LogP contribution in [0.4, 0.5) is 0 Å². The van der Waals surface area contributed by atoms with Crippen LogP contribution in [0.3, 0.4) is 0 Å². The van der Waals surface area contributed by atoms with Gasteiger partial charge < -0.3 is 4.57 Å². The maximum atomic E-state index is 8.78. The molecule has 2 aromatic heterocycles. The number of pyridine rings is 1. The molecule has 0 saturated carbocycles. The lowest BCUT2D eigenvalue weighted by Crippen LogP contribution is -1.83. The van der Waals surface area contributed by atoms with E-state index in [9.17, 15) is 0 Å². The van der Waals surface area contributed by atoms with Crippen molar-refractivity contribution >= 4 is 22.6 Å². The number of rotatable bonds is 0. The minimum atomic E-state index is 0.578. The van der Waals surface area contributed by atoms with Gasteiger partial charge in [-0.15, -0.1) is 0 Å². The minimum absolute atomic E-state index is 0.578. The van der Waals surface area contributed by atoms with Gasteiger partial charge in [0.2, 0.25) is 0 Å². The molecule has 2 heterocycles. The van der Waals surface area contributed by atoms with Crippen LogP contribution in [0.2, 0.25) is 5.02 Å². The van der Waals surface area contributed by atoms with E-state index in [1.165, 1.54) is 0 Å². The van der Waals surface area contributed by atoms with E-state index < -0.39 is 0 Å². The van der Waals surface area contributed by atoms with Crippen LogP contribution >= 0.6 is 11.6 Å². The van der Waals surface area contributed by atoms with E-state index in [1.54, 1.807) is 18.5 Å². The fourth-order valence-electron chi connectivity index (χ4n) is 1.31. The van der Waals surface area contributed by atoms with Crippen LogP contribution in [0.1, 0.15) is 5.56 Å². The highest BCUT2D eigenvalue weighted by Gasteiger charge is 2.06. The van der Waals surface area contributed by atoms with Crippen molar-refractivity contribution in [2.75, 3.05) is 0 Å². The summed E-state index contributed by atoms with van der Waals surface area (Å²) >= 11 is 5.78. The average molecular weight is 192 g/mol. The van der Waals surface area contributed by atoms with Gasteiger partial charge in [0.15, 0.2) is 0 Å². The molecule has 0 saturated heterocycles. The maximum absolute atomic E-state index is 8.78. The Balaban J connectivity index is 2.90. The van der Waals surface area contributed by atoms with Gasteiger partial charge in [0.25, 0.3) is 0 Å². The molecule has 64 valence electrons. The van der Waals surface area contributed by atoms with Crippen molar-refractivity contribution in [3.05, 3.63) is 29.0 Å². The van der Waals surface area contributed by atoms with Crippen molar-refractivity contribution < 1.29 is 0 Å². The van der Waals surface area contributed by atoms with Crippen molar-refractivity contribution in [3.8, 4) is 6.07 Å². The van der Waals surface area contributed by atoms with Crippen LogP contribution in [0.25, 0.3) is 11.0 Å². The first kappa shape index (κ1) is 8.09. The topological polar surface area (TPSA) is 41.6 Å². The molecule has 0 radical (unpaired) electrons. The highest BCUT2D eigenvalue weighted by atomic mass is 35.5. The lowest BCUT2D eigenvalue weighted by atomic mass is 10.3. The number of fused-ring (bicyclic) bond motifs is 1. The normalized spacial score (nSPS) is 10.2. The van der Waals surface area contributed by atoms with Gasteiger partial charge in [0.1, 0.15) is 11.6 Å². The van der Waals surface area contributed by atoms with E-state index in [-0.39, 0.29) is 0 Å². The van der Waals surface area contributed by atoms with Crippen molar-refractivity contribution in [2.45, 2.75) is 0 Å². The SMILES string of the molecule is Cn1cc(C#N)c2ncc(Cl)cc21. The predicted molar refractivity (Wildman–Crippen MR) is 50.4 cm³/mol. The van der Waals surface area contributed by atoms with E-state index in [1.807, 2.05) is 11.6 Å². The third-order valence-electron chi connectivity index (χ3n) is 1.91. The smallest absolute Gasteiger partial charge is 0.106 e. The number of hydrogen-bond acceptors (Lipinski definition) is 2. The molecule has 0 aromatic carbocycles. The molecule has 0 fully saturated rings. The van der Waals surface area contributed by atoms with Crippen LogP contribution < -0.4 is 0 Å². The Morgan fingerprint density at radius 2 is 2.38 bits per heavy atom. The molecule has 0 unspecified atom stereocenters. The molecule has 0 spiro atoms. The van der Waals surface area contributed by atoms with Gasteiger partial charge >= 0.3 is 0 Å². The molecular formula is C9H6ClN3. The molecule has 0 N–H and O–H groups in total. The largest absolute Gasteiger partial charge is 0.348 e. The Hall–Kier alpha value is -1.53. The van der Waals surface area contributed by atoms with Gasteiger partial charge in [0, 0.05) is 19.4 Å². The molecule has 0 amide bonds. The lowest BCUT2D eigenvalue weighted by molar-refractivity contribution is 0.966. The van der Waals surface area contributed by atoms with Crippen LogP contribution in [0.5, 0.6) is 0 Å². The molecule has 0 atom stereocenters. The van der Waals surface area contributed by atoms with E-state index in [0.717, 1.165) is 5.52 Å². The Kier molecular flexibility index (Phi) is 1.71. The van der Waals surface area contributed by atoms with Gasteiger partial charge in [-0.05, 0) is 6.07 Å². The first-order chi connectivity index (χ1) is 6.22. The molecule has 2 rings (SSSR count). The first-order valence-corrected chi connectivity index (χ1v) is 4.11. The molecule has 2 aromatic rings. The number of hydrogen-bond donors (Lipinski definition) is 0. The Bertz CT molecular complexity index is 507.